The van der Waals surface area contributed by atoms with Crippen molar-refractivity contribution in [1.29, 1.82) is 0 Å². The van der Waals surface area contributed by atoms with E-state index in [1.165, 1.54) is 0 Å². The first-order valence-electron chi connectivity index (χ1n) is 6.18. The van der Waals surface area contributed by atoms with Crippen LogP contribution in [0, 0.1) is 5.92 Å². The second-order valence-corrected chi connectivity index (χ2v) is 6.55. The third-order valence-corrected chi connectivity index (χ3v) is 2.79. The van der Waals surface area contributed by atoms with Crippen molar-refractivity contribution in [2.45, 2.75) is 52.7 Å². The van der Waals surface area contributed by atoms with Gasteiger partial charge in [0.2, 0.25) is 5.91 Å². The minimum atomic E-state index is -0.571. The van der Waals surface area contributed by atoms with Gasteiger partial charge in [0.05, 0.1) is 0 Å². The van der Waals surface area contributed by atoms with Crippen molar-refractivity contribution in [2.24, 2.45) is 5.92 Å². The molecule has 0 aliphatic rings. The number of carbonyl (C=O) groups is 2. The maximum Gasteiger partial charge on any atom is 0.329 e. The highest BCUT2D eigenvalue weighted by atomic mass is 32.2. The number of nitrogens with one attached hydrogen (secondary N) is 1. The Hall–Kier alpha value is -0.710. The summed E-state index contributed by atoms with van der Waals surface area (Å²) in [5.74, 6) is 0.298. The van der Waals surface area contributed by atoms with Crippen molar-refractivity contribution in [3.8, 4) is 0 Å². The molecule has 0 bridgehead atoms. The summed E-state index contributed by atoms with van der Waals surface area (Å²) in [6, 6.07) is -0.571. The molecule has 0 aliphatic carbocycles. The van der Waals surface area contributed by atoms with E-state index in [0.717, 1.165) is 5.75 Å². The number of carbonyl (C=O) groups excluding carboxylic acids is 2. The second-order valence-electron chi connectivity index (χ2n) is 5.57. The van der Waals surface area contributed by atoms with Crippen LogP contribution in [0.5, 0.6) is 0 Å². The van der Waals surface area contributed by atoms with E-state index >= 15 is 0 Å². The summed E-state index contributed by atoms with van der Waals surface area (Å²) in [6.07, 6.45) is 2.37. The van der Waals surface area contributed by atoms with E-state index in [4.69, 9.17) is 4.74 Å². The Morgan fingerprint density at radius 3 is 2.22 bits per heavy atom. The van der Waals surface area contributed by atoms with Crippen LogP contribution < -0.4 is 5.32 Å². The fraction of sp³-hybridized carbons (Fsp3) is 0.846. The molecule has 0 aromatic heterocycles. The monoisotopic (exact) mass is 275 g/mol. The van der Waals surface area contributed by atoms with Crippen LogP contribution in [0.2, 0.25) is 0 Å². The van der Waals surface area contributed by atoms with Crippen LogP contribution in [0.15, 0.2) is 0 Å². The van der Waals surface area contributed by atoms with E-state index in [1.54, 1.807) is 11.8 Å². The normalized spacial score (nSPS) is 13.3. The van der Waals surface area contributed by atoms with Crippen LogP contribution in [0.3, 0.4) is 0 Å². The Bertz CT molecular complexity index is 284. The number of ether oxygens (including phenoxy) is 1. The zero-order valence-electron chi connectivity index (χ0n) is 12.2. The lowest BCUT2D eigenvalue weighted by molar-refractivity contribution is -0.160. The average Bonchev–Trinajstić information content (AvgIpc) is 2.19. The summed E-state index contributed by atoms with van der Waals surface area (Å²) in [6.45, 7) is 9.24. The zero-order valence-corrected chi connectivity index (χ0v) is 13.0. The van der Waals surface area contributed by atoms with E-state index in [9.17, 15) is 9.59 Å². The first kappa shape index (κ1) is 17.3. The third-order valence-electron chi connectivity index (χ3n) is 2.18. The summed E-state index contributed by atoms with van der Waals surface area (Å²) in [7, 11) is 0. The standard InChI is InChI=1S/C13H25NO3S/c1-9(2)11(12(16)17-13(3,4)5)14-10(15)7-8-18-6/h9,11H,7-8H2,1-6H3,(H,14,15)/t11-/m0/s1. The largest absolute Gasteiger partial charge is 0.458 e. The van der Waals surface area contributed by atoms with Gasteiger partial charge >= 0.3 is 5.97 Å². The molecule has 1 atom stereocenters. The molecule has 0 radical (unpaired) electrons. The predicted molar refractivity (Wildman–Crippen MR) is 75.6 cm³/mol. The predicted octanol–water partition coefficient (Wildman–Crippen LogP) is 2.22. The van der Waals surface area contributed by atoms with Crippen LogP contribution in [0.25, 0.3) is 0 Å². The molecule has 0 fully saturated rings. The van der Waals surface area contributed by atoms with E-state index < -0.39 is 11.6 Å². The van der Waals surface area contributed by atoms with Gasteiger partial charge < -0.3 is 10.1 Å². The molecule has 0 aromatic carbocycles. The molecule has 5 heteroatoms. The summed E-state index contributed by atoms with van der Waals surface area (Å²) in [5.41, 5.74) is -0.534. The SMILES string of the molecule is CSCCC(=O)N[C@H](C(=O)OC(C)(C)C)C(C)C. The number of thioether (sulfide) groups is 1. The van der Waals surface area contributed by atoms with Crippen LogP contribution in [-0.4, -0.2) is 35.5 Å². The average molecular weight is 275 g/mol. The third kappa shape index (κ3) is 7.58. The van der Waals surface area contributed by atoms with Gasteiger partial charge in [0.15, 0.2) is 0 Å². The topological polar surface area (TPSA) is 55.4 Å². The van der Waals surface area contributed by atoms with E-state index in [-0.39, 0.29) is 17.8 Å². The zero-order chi connectivity index (χ0) is 14.3. The number of rotatable bonds is 6. The Morgan fingerprint density at radius 1 is 1.28 bits per heavy atom. The highest BCUT2D eigenvalue weighted by Gasteiger charge is 2.28. The first-order chi connectivity index (χ1) is 8.17. The van der Waals surface area contributed by atoms with E-state index in [2.05, 4.69) is 5.32 Å². The number of hydrogen-bond acceptors (Lipinski definition) is 4. The van der Waals surface area contributed by atoms with Crippen molar-refractivity contribution in [2.75, 3.05) is 12.0 Å². The molecule has 0 aliphatic heterocycles. The van der Waals surface area contributed by atoms with Gasteiger partial charge in [-0.05, 0) is 32.9 Å². The molecular formula is C13H25NO3S. The van der Waals surface area contributed by atoms with Crippen molar-refractivity contribution in [3.63, 3.8) is 0 Å². The second kappa shape index (κ2) is 7.67. The van der Waals surface area contributed by atoms with Crippen molar-refractivity contribution < 1.29 is 14.3 Å². The van der Waals surface area contributed by atoms with Gasteiger partial charge in [-0.3, -0.25) is 4.79 Å². The van der Waals surface area contributed by atoms with Gasteiger partial charge in [0, 0.05) is 12.2 Å². The fourth-order valence-electron chi connectivity index (χ4n) is 1.30. The van der Waals surface area contributed by atoms with Gasteiger partial charge in [0.25, 0.3) is 0 Å². The van der Waals surface area contributed by atoms with Crippen molar-refractivity contribution in [3.05, 3.63) is 0 Å². The lowest BCUT2D eigenvalue weighted by Gasteiger charge is -2.26. The van der Waals surface area contributed by atoms with Gasteiger partial charge in [-0.15, -0.1) is 0 Å². The molecule has 0 aromatic rings. The Morgan fingerprint density at radius 2 is 1.83 bits per heavy atom. The summed E-state index contributed by atoms with van der Waals surface area (Å²) in [4.78, 5) is 23.6. The van der Waals surface area contributed by atoms with Crippen LogP contribution in [-0.2, 0) is 14.3 Å². The molecule has 0 saturated heterocycles. The molecule has 0 rings (SSSR count). The Balaban J connectivity index is 4.48. The fourth-order valence-corrected chi connectivity index (χ4v) is 1.69. The van der Waals surface area contributed by atoms with Crippen LogP contribution in [0.4, 0.5) is 0 Å². The number of amides is 1. The maximum absolute atomic E-state index is 12.0. The molecule has 106 valence electrons. The Kier molecular flexibility index (Phi) is 7.36. The van der Waals surface area contributed by atoms with Gasteiger partial charge in [-0.2, -0.15) is 11.8 Å². The molecule has 0 unspecified atom stereocenters. The number of hydrogen-bond donors (Lipinski definition) is 1. The highest BCUT2D eigenvalue weighted by molar-refractivity contribution is 7.98. The van der Waals surface area contributed by atoms with Gasteiger partial charge in [-0.25, -0.2) is 4.79 Å². The van der Waals surface area contributed by atoms with E-state index in [1.807, 2.05) is 40.9 Å². The summed E-state index contributed by atoms with van der Waals surface area (Å²) < 4.78 is 5.31. The molecule has 1 N–H and O–H groups in total. The van der Waals surface area contributed by atoms with Crippen LogP contribution in [0.1, 0.15) is 41.0 Å². The van der Waals surface area contributed by atoms with Crippen molar-refractivity contribution in [1.82, 2.24) is 5.32 Å². The molecule has 0 spiro atoms. The molecule has 0 saturated carbocycles. The minimum absolute atomic E-state index is 0.0121. The lowest BCUT2D eigenvalue weighted by Crippen LogP contribution is -2.47. The van der Waals surface area contributed by atoms with Gasteiger partial charge in [0.1, 0.15) is 11.6 Å². The lowest BCUT2D eigenvalue weighted by atomic mass is 10.0. The Labute approximate surface area is 114 Å². The van der Waals surface area contributed by atoms with E-state index in [0.29, 0.717) is 6.42 Å². The quantitative estimate of drug-likeness (QED) is 0.755. The maximum atomic E-state index is 12.0. The molecule has 18 heavy (non-hydrogen) atoms. The van der Waals surface area contributed by atoms with Gasteiger partial charge in [-0.1, -0.05) is 13.8 Å². The van der Waals surface area contributed by atoms with Crippen LogP contribution >= 0.6 is 11.8 Å². The summed E-state index contributed by atoms with van der Waals surface area (Å²) >= 11 is 1.61. The minimum Gasteiger partial charge on any atom is -0.458 e. The summed E-state index contributed by atoms with van der Waals surface area (Å²) in [5, 5.41) is 2.75. The molecular weight excluding hydrogens is 250 g/mol. The first-order valence-corrected chi connectivity index (χ1v) is 7.58. The number of esters is 1. The smallest absolute Gasteiger partial charge is 0.329 e. The molecule has 4 nitrogen and oxygen atoms in total. The molecule has 1 amide bonds. The highest BCUT2D eigenvalue weighted by Crippen LogP contribution is 2.12. The van der Waals surface area contributed by atoms with Crippen molar-refractivity contribution >= 4 is 23.6 Å². The molecule has 0 heterocycles.